The number of rotatable bonds is 4. The van der Waals surface area contributed by atoms with Gasteiger partial charge in [-0.2, -0.15) is 0 Å². The zero-order chi connectivity index (χ0) is 17.7. The van der Waals surface area contributed by atoms with Gasteiger partial charge in [0, 0.05) is 19.5 Å². The fourth-order valence-corrected chi connectivity index (χ4v) is 2.82. The summed E-state index contributed by atoms with van der Waals surface area (Å²) in [5.74, 6) is -0.116. The monoisotopic (exact) mass is 333 g/mol. The molecule has 6 nitrogen and oxygen atoms in total. The van der Waals surface area contributed by atoms with Crippen LogP contribution in [-0.2, 0) is 16.0 Å². The second-order valence-electron chi connectivity index (χ2n) is 7.26. The molecule has 1 heterocycles. The van der Waals surface area contributed by atoms with Gasteiger partial charge in [-0.3, -0.25) is 4.79 Å². The number of urea groups is 1. The van der Waals surface area contributed by atoms with Gasteiger partial charge in [0.25, 0.3) is 0 Å². The maximum Gasteiger partial charge on any atom is 0.312 e. The Balaban J connectivity index is 2.10. The number of carbonyl (C=O) groups is 2. The molecule has 1 saturated heterocycles. The zero-order valence-corrected chi connectivity index (χ0v) is 14.6. The molecule has 1 aliphatic heterocycles. The van der Waals surface area contributed by atoms with Gasteiger partial charge in [-0.25, -0.2) is 4.79 Å². The molecule has 0 unspecified atom stereocenters. The van der Waals surface area contributed by atoms with E-state index >= 15 is 0 Å². The van der Waals surface area contributed by atoms with Crippen molar-refractivity contribution in [1.29, 1.82) is 0 Å². The molecule has 1 aromatic rings. The third kappa shape index (κ3) is 4.96. The van der Waals surface area contributed by atoms with Gasteiger partial charge in [-0.15, -0.1) is 0 Å². The van der Waals surface area contributed by atoms with Crippen LogP contribution in [0.1, 0.15) is 26.3 Å². The maximum absolute atomic E-state index is 12.9. The SMILES string of the molecule is CC(C)(C)[C@H]1CN(C(=O)[C@@H](Cc2ccccc2)NC(N)=O)CCO1. The minimum Gasteiger partial charge on any atom is -0.374 e. The average molecular weight is 333 g/mol. The Morgan fingerprint density at radius 1 is 1.33 bits per heavy atom. The lowest BCUT2D eigenvalue weighted by Gasteiger charge is -2.40. The normalized spacial score (nSPS) is 19.6. The summed E-state index contributed by atoms with van der Waals surface area (Å²) in [5.41, 5.74) is 6.19. The maximum atomic E-state index is 12.9. The van der Waals surface area contributed by atoms with E-state index in [0.29, 0.717) is 26.1 Å². The molecule has 0 radical (unpaired) electrons. The van der Waals surface area contributed by atoms with E-state index in [-0.39, 0.29) is 17.4 Å². The van der Waals surface area contributed by atoms with Crippen LogP contribution >= 0.6 is 0 Å². The van der Waals surface area contributed by atoms with E-state index in [1.165, 1.54) is 0 Å². The summed E-state index contributed by atoms with van der Waals surface area (Å²) in [4.78, 5) is 26.0. The third-order valence-corrected chi connectivity index (χ3v) is 4.24. The van der Waals surface area contributed by atoms with E-state index in [4.69, 9.17) is 10.5 Å². The van der Waals surface area contributed by atoms with E-state index in [2.05, 4.69) is 26.1 Å². The lowest BCUT2D eigenvalue weighted by Crippen LogP contribution is -2.56. The molecule has 3 N–H and O–H groups in total. The molecule has 0 saturated carbocycles. The van der Waals surface area contributed by atoms with Crippen LogP contribution in [0.3, 0.4) is 0 Å². The quantitative estimate of drug-likeness (QED) is 0.876. The predicted octanol–water partition coefficient (Wildman–Crippen LogP) is 1.54. The van der Waals surface area contributed by atoms with E-state index in [1.54, 1.807) is 4.90 Å². The first-order chi connectivity index (χ1) is 11.3. The number of nitrogens with zero attached hydrogens (tertiary/aromatic N) is 1. The number of nitrogens with two attached hydrogens (primary N) is 1. The molecule has 0 aromatic heterocycles. The summed E-state index contributed by atoms with van der Waals surface area (Å²) in [6.45, 7) is 7.83. The number of hydrogen-bond acceptors (Lipinski definition) is 3. The van der Waals surface area contributed by atoms with Crippen LogP contribution in [0.25, 0.3) is 0 Å². The van der Waals surface area contributed by atoms with Gasteiger partial charge >= 0.3 is 6.03 Å². The van der Waals surface area contributed by atoms with Crippen molar-refractivity contribution >= 4 is 11.9 Å². The molecule has 0 bridgehead atoms. The van der Waals surface area contributed by atoms with E-state index < -0.39 is 12.1 Å². The molecule has 1 aromatic carbocycles. The van der Waals surface area contributed by atoms with Crippen LogP contribution in [0.15, 0.2) is 30.3 Å². The van der Waals surface area contributed by atoms with Crippen LogP contribution in [0, 0.1) is 5.41 Å². The first-order valence-corrected chi connectivity index (χ1v) is 8.27. The number of morpholine rings is 1. The van der Waals surface area contributed by atoms with Crippen LogP contribution < -0.4 is 11.1 Å². The van der Waals surface area contributed by atoms with Gasteiger partial charge in [-0.05, 0) is 11.0 Å². The fraction of sp³-hybridized carbons (Fsp3) is 0.556. The van der Waals surface area contributed by atoms with Crippen molar-refractivity contribution in [3.63, 3.8) is 0 Å². The molecular weight excluding hydrogens is 306 g/mol. The lowest BCUT2D eigenvalue weighted by atomic mass is 9.88. The number of hydrogen-bond donors (Lipinski definition) is 2. The summed E-state index contributed by atoms with van der Waals surface area (Å²) in [5, 5.41) is 2.59. The Bertz CT molecular complexity index is 569. The number of amides is 3. The van der Waals surface area contributed by atoms with Crippen molar-refractivity contribution in [3.05, 3.63) is 35.9 Å². The Labute approximate surface area is 143 Å². The van der Waals surface area contributed by atoms with Crippen molar-refractivity contribution < 1.29 is 14.3 Å². The minimum absolute atomic E-state index is 0.0267. The first-order valence-electron chi connectivity index (χ1n) is 8.27. The topological polar surface area (TPSA) is 84.7 Å². The molecule has 24 heavy (non-hydrogen) atoms. The van der Waals surface area contributed by atoms with E-state index in [9.17, 15) is 9.59 Å². The highest BCUT2D eigenvalue weighted by atomic mass is 16.5. The van der Waals surface area contributed by atoms with Gasteiger partial charge in [0.05, 0.1) is 12.7 Å². The smallest absolute Gasteiger partial charge is 0.312 e. The van der Waals surface area contributed by atoms with E-state index in [1.807, 2.05) is 30.3 Å². The molecule has 2 atom stereocenters. The average Bonchev–Trinajstić information content (AvgIpc) is 2.53. The summed E-state index contributed by atoms with van der Waals surface area (Å²) < 4.78 is 5.80. The highest BCUT2D eigenvalue weighted by molar-refractivity contribution is 5.87. The van der Waals surface area contributed by atoms with Gasteiger partial charge in [0.1, 0.15) is 6.04 Å². The minimum atomic E-state index is -0.690. The standard InChI is InChI=1S/C18H27N3O3/c1-18(2,3)15-12-21(9-10-24-15)16(22)14(20-17(19)23)11-13-7-5-4-6-8-13/h4-8,14-15H,9-12H2,1-3H3,(H3,19,20,23)/t14-,15-/m1/s1. The number of primary amides is 1. The molecule has 6 heteroatoms. The molecule has 1 fully saturated rings. The number of nitrogens with one attached hydrogen (secondary N) is 1. The molecule has 132 valence electrons. The number of benzene rings is 1. The van der Waals surface area contributed by atoms with Crippen molar-refractivity contribution in [3.8, 4) is 0 Å². The zero-order valence-electron chi connectivity index (χ0n) is 14.6. The Hall–Kier alpha value is -2.08. The number of ether oxygens (including phenoxy) is 1. The molecule has 0 spiro atoms. The summed E-state index contributed by atoms with van der Waals surface area (Å²) in [6, 6.07) is 8.24. The Morgan fingerprint density at radius 3 is 2.58 bits per heavy atom. The van der Waals surface area contributed by atoms with Crippen LogP contribution in [0.2, 0.25) is 0 Å². The highest BCUT2D eigenvalue weighted by Crippen LogP contribution is 2.25. The van der Waals surface area contributed by atoms with E-state index in [0.717, 1.165) is 5.56 Å². The largest absolute Gasteiger partial charge is 0.374 e. The molecule has 3 amide bonds. The first kappa shape index (κ1) is 18.3. The van der Waals surface area contributed by atoms with Crippen LogP contribution in [0.4, 0.5) is 4.79 Å². The molecule has 2 rings (SSSR count). The van der Waals surface area contributed by atoms with Crippen molar-refractivity contribution in [2.75, 3.05) is 19.7 Å². The third-order valence-electron chi connectivity index (χ3n) is 4.24. The van der Waals surface area contributed by atoms with Gasteiger partial charge < -0.3 is 20.7 Å². The highest BCUT2D eigenvalue weighted by Gasteiger charge is 2.35. The van der Waals surface area contributed by atoms with Crippen molar-refractivity contribution in [2.45, 2.75) is 39.3 Å². The molecular formula is C18H27N3O3. The second kappa shape index (κ2) is 7.66. The fourth-order valence-electron chi connectivity index (χ4n) is 2.82. The summed E-state index contributed by atoms with van der Waals surface area (Å²) in [7, 11) is 0. The lowest BCUT2D eigenvalue weighted by molar-refractivity contribution is -0.145. The van der Waals surface area contributed by atoms with Gasteiger partial charge in [-0.1, -0.05) is 51.1 Å². The summed E-state index contributed by atoms with van der Waals surface area (Å²) in [6.07, 6.45) is 0.390. The van der Waals surface area contributed by atoms with Crippen LogP contribution in [-0.4, -0.2) is 48.7 Å². The predicted molar refractivity (Wildman–Crippen MR) is 92.4 cm³/mol. The van der Waals surface area contributed by atoms with Gasteiger partial charge in [0.15, 0.2) is 0 Å². The summed E-state index contributed by atoms with van der Waals surface area (Å²) >= 11 is 0. The van der Waals surface area contributed by atoms with Crippen molar-refractivity contribution in [2.24, 2.45) is 11.1 Å². The van der Waals surface area contributed by atoms with Crippen LogP contribution in [0.5, 0.6) is 0 Å². The molecule has 1 aliphatic rings. The second-order valence-corrected chi connectivity index (χ2v) is 7.26. The van der Waals surface area contributed by atoms with Crippen molar-refractivity contribution in [1.82, 2.24) is 10.2 Å². The Kier molecular flexibility index (Phi) is 5.83. The number of carbonyl (C=O) groups excluding carboxylic acids is 2. The van der Waals surface area contributed by atoms with Gasteiger partial charge in [0.2, 0.25) is 5.91 Å². The molecule has 0 aliphatic carbocycles. The Morgan fingerprint density at radius 2 is 2.00 bits per heavy atom.